The summed E-state index contributed by atoms with van der Waals surface area (Å²) in [5, 5.41) is 8.32. The van der Waals surface area contributed by atoms with Crippen LogP contribution >= 0.6 is 0 Å². The van der Waals surface area contributed by atoms with Crippen molar-refractivity contribution in [2.24, 2.45) is 0 Å². The third-order valence-corrected chi connectivity index (χ3v) is 1.99. The summed E-state index contributed by atoms with van der Waals surface area (Å²) in [7, 11) is 0. The van der Waals surface area contributed by atoms with Crippen molar-refractivity contribution in [3.05, 3.63) is 11.6 Å². The highest BCUT2D eigenvalue weighted by molar-refractivity contribution is 4.98. The Morgan fingerprint density at radius 3 is 2.73 bits per heavy atom. The van der Waals surface area contributed by atoms with Crippen LogP contribution in [0.15, 0.2) is 0 Å². The molecular formula is C7H9F3N4O. The molecule has 84 valence electrons. The SMILES string of the molecule is FC(F)(F)c1n[nH]c(C2CNCCO2)n1. The highest BCUT2D eigenvalue weighted by Crippen LogP contribution is 2.27. The van der Waals surface area contributed by atoms with Gasteiger partial charge in [-0.3, -0.25) is 5.10 Å². The molecule has 2 N–H and O–H groups in total. The molecule has 5 nitrogen and oxygen atoms in total. The molecule has 0 amide bonds. The highest BCUT2D eigenvalue weighted by atomic mass is 19.4. The monoisotopic (exact) mass is 222 g/mol. The fourth-order valence-electron chi connectivity index (χ4n) is 1.29. The third kappa shape index (κ3) is 2.26. The molecule has 1 aliphatic heterocycles. The lowest BCUT2D eigenvalue weighted by atomic mass is 10.3. The summed E-state index contributed by atoms with van der Waals surface area (Å²) < 4.78 is 41.7. The van der Waals surface area contributed by atoms with E-state index in [1.165, 1.54) is 0 Å². The number of aromatic nitrogens is 3. The average molecular weight is 222 g/mol. The minimum atomic E-state index is -4.52. The number of hydrogen-bond donors (Lipinski definition) is 2. The summed E-state index contributed by atoms with van der Waals surface area (Å²) >= 11 is 0. The van der Waals surface area contributed by atoms with Crippen molar-refractivity contribution in [1.82, 2.24) is 20.5 Å². The molecule has 0 radical (unpaired) electrons. The molecule has 1 saturated heterocycles. The second-order valence-corrected chi connectivity index (χ2v) is 3.11. The molecule has 1 fully saturated rings. The van der Waals surface area contributed by atoms with Gasteiger partial charge in [-0.15, -0.1) is 5.10 Å². The Bertz CT molecular complexity index is 331. The maximum atomic E-state index is 12.2. The number of nitrogens with zero attached hydrogens (tertiary/aromatic N) is 2. The number of H-pyrrole nitrogens is 1. The van der Waals surface area contributed by atoms with Crippen molar-refractivity contribution in [3.8, 4) is 0 Å². The first-order valence-electron chi connectivity index (χ1n) is 4.39. The Morgan fingerprint density at radius 1 is 1.40 bits per heavy atom. The zero-order chi connectivity index (χ0) is 10.9. The fourth-order valence-corrected chi connectivity index (χ4v) is 1.29. The largest absolute Gasteiger partial charge is 0.453 e. The van der Waals surface area contributed by atoms with Crippen LogP contribution in [0.5, 0.6) is 0 Å². The molecule has 1 aliphatic rings. The first kappa shape index (κ1) is 10.4. The van der Waals surface area contributed by atoms with Gasteiger partial charge >= 0.3 is 6.18 Å². The van der Waals surface area contributed by atoms with Gasteiger partial charge in [0.2, 0.25) is 0 Å². The summed E-state index contributed by atoms with van der Waals surface area (Å²) in [5.74, 6) is -1.05. The maximum Gasteiger partial charge on any atom is 0.453 e. The van der Waals surface area contributed by atoms with E-state index in [-0.39, 0.29) is 5.82 Å². The van der Waals surface area contributed by atoms with Crippen LogP contribution in [0.2, 0.25) is 0 Å². The van der Waals surface area contributed by atoms with E-state index in [1.54, 1.807) is 0 Å². The summed E-state index contributed by atoms with van der Waals surface area (Å²) in [4.78, 5) is 3.35. The van der Waals surface area contributed by atoms with Gasteiger partial charge in [0.25, 0.3) is 5.82 Å². The van der Waals surface area contributed by atoms with E-state index in [0.717, 1.165) is 0 Å². The third-order valence-electron chi connectivity index (χ3n) is 1.99. The molecule has 1 aromatic heterocycles. The van der Waals surface area contributed by atoms with E-state index in [1.807, 2.05) is 0 Å². The molecule has 0 bridgehead atoms. The number of hydrogen-bond acceptors (Lipinski definition) is 4. The summed E-state index contributed by atoms with van der Waals surface area (Å²) in [5.41, 5.74) is 0. The van der Waals surface area contributed by atoms with Crippen molar-refractivity contribution < 1.29 is 17.9 Å². The molecule has 1 unspecified atom stereocenters. The predicted molar refractivity (Wildman–Crippen MR) is 42.9 cm³/mol. The normalized spacial score (nSPS) is 23.0. The molecule has 15 heavy (non-hydrogen) atoms. The van der Waals surface area contributed by atoms with E-state index >= 15 is 0 Å². The molecule has 8 heteroatoms. The van der Waals surface area contributed by atoms with Gasteiger partial charge in [-0.1, -0.05) is 0 Å². The second-order valence-electron chi connectivity index (χ2n) is 3.11. The number of halogens is 3. The van der Waals surface area contributed by atoms with Crippen molar-refractivity contribution in [2.75, 3.05) is 19.7 Å². The number of morpholine rings is 1. The quantitative estimate of drug-likeness (QED) is 0.725. The van der Waals surface area contributed by atoms with Gasteiger partial charge in [-0.05, 0) is 0 Å². The van der Waals surface area contributed by atoms with Crippen LogP contribution in [0.4, 0.5) is 13.2 Å². The zero-order valence-corrected chi connectivity index (χ0v) is 7.64. The van der Waals surface area contributed by atoms with Crippen LogP contribution in [-0.2, 0) is 10.9 Å². The molecule has 0 aromatic carbocycles. The van der Waals surface area contributed by atoms with E-state index < -0.39 is 18.1 Å². The smallest absolute Gasteiger partial charge is 0.368 e. The lowest BCUT2D eigenvalue weighted by molar-refractivity contribution is -0.144. The molecule has 0 spiro atoms. The minimum Gasteiger partial charge on any atom is -0.368 e. The van der Waals surface area contributed by atoms with Gasteiger partial charge in [0.05, 0.1) is 6.61 Å². The molecular weight excluding hydrogens is 213 g/mol. The number of aromatic amines is 1. The van der Waals surface area contributed by atoms with Gasteiger partial charge in [0.15, 0.2) is 5.82 Å². The maximum absolute atomic E-state index is 12.2. The predicted octanol–water partition coefficient (Wildman–Crippen LogP) is 0.484. The lowest BCUT2D eigenvalue weighted by Gasteiger charge is -2.21. The van der Waals surface area contributed by atoms with Crippen molar-refractivity contribution in [3.63, 3.8) is 0 Å². The Labute approximate surface area is 83.0 Å². The highest BCUT2D eigenvalue weighted by Gasteiger charge is 2.37. The summed E-state index contributed by atoms with van der Waals surface area (Å²) in [6, 6.07) is 0. The van der Waals surface area contributed by atoms with Gasteiger partial charge in [0, 0.05) is 13.1 Å². The summed E-state index contributed by atoms with van der Waals surface area (Å²) in [6.07, 6.45) is -5.00. The molecule has 1 atom stereocenters. The first-order valence-corrected chi connectivity index (χ1v) is 4.39. The molecule has 0 saturated carbocycles. The Morgan fingerprint density at radius 2 is 2.20 bits per heavy atom. The van der Waals surface area contributed by atoms with Crippen LogP contribution in [0.3, 0.4) is 0 Å². The van der Waals surface area contributed by atoms with E-state index in [4.69, 9.17) is 4.74 Å². The standard InChI is InChI=1S/C7H9F3N4O/c8-7(9,10)6-12-5(13-14-6)4-3-11-1-2-15-4/h4,11H,1-3H2,(H,12,13,14). The Hall–Kier alpha value is -1.15. The molecule has 1 aromatic rings. The zero-order valence-electron chi connectivity index (χ0n) is 7.64. The van der Waals surface area contributed by atoms with Gasteiger partial charge in [0.1, 0.15) is 6.10 Å². The Balaban J connectivity index is 2.12. The summed E-state index contributed by atoms with van der Waals surface area (Å²) in [6.45, 7) is 1.58. The Kier molecular flexibility index (Phi) is 2.61. The van der Waals surface area contributed by atoms with Crippen LogP contribution in [0, 0.1) is 0 Å². The fraction of sp³-hybridized carbons (Fsp3) is 0.714. The molecule has 2 heterocycles. The average Bonchev–Trinajstić information content (AvgIpc) is 2.67. The van der Waals surface area contributed by atoms with E-state index in [9.17, 15) is 13.2 Å². The molecule has 0 aliphatic carbocycles. The van der Waals surface area contributed by atoms with Crippen LogP contribution in [-0.4, -0.2) is 34.9 Å². The second kappa shape index (κ2) is 3.78. The van der Waals surface area contributed by atoms with Gasteiger partial charge in [-0.25, -0.2) is 4.98 Å². The number of nitrogens with one attached hydrogen (secondary N) is 2. The van der Waals surface area contributed by atoms with Crippen molar-refractivity contribution in [1.29, 1.82) is 0 Å². The van der Waals surface area contributed by atoms with E-state index in [0.29, 0.717) is 19.7 Å². The van der Waals surface area contributed by atoms with Gasteiger partial charge < -0.3 is 10.1 Å². The van der Waals surface area contributed by atoms with Crippen LogP contribution < -0.4 is 5.32 Å². The van der Waals surface area contributed by atoms with E-state index in [2.05, 4.69) is 20.5 Å². The minimum absolute atomic E-state index is 0.106. The van der Waals surface area contributed by atoms with Crippen LogP contribution in [0.1, 0.15) is 17.8 Å². The van der Waals surface area contributed by atoms with Crippen molar-refractivity contribution in [2.45, 2.75) is 12.3 Å². The number of alkyl halides is 3. The topological polar surface area (TPSA) is 62.8 Å². The first-order chi connectivity index (χ1) is 7.07. The van der Waals surface area contributed by atoms with Crippen LogP contribution in [0.25, 0.3) is 0 Å². The number of rotatable bonds is 1. The molecule has 2 rings (SSSR count). The lowest BCUT2D eigenvalue weighted by Crippen LogP contribution is -2.33. The van der Waals surface area contributed by atoms with Crippen molar-refractivity contribution >= 4 is 0 Å². The van der Waals surface area contributed by atoms with Gasteiger partial charge in [-0.2, -0.15) is 13.2 Å². The number of ether oxygens (including phenoxy) is 1.